The maximum absolute atomic E-state index is 14.2. The fraction of sp³-hybridized carbons (Fsp3) is 0.379. The fourth-order valence-corrected chi connectivity index (χ4v) is 5.07. The molecule has 3 aromatic heterocycles. The Balaban J connectivity index is 1.57. The first-order valence-electron chi connectivity index (χ1n) is 13.0. The molecule has 1 aliphatic rings. The molecule has 5 rings (SSSR count). The van der Waals surface area contributed by atoms with E-state index < -0.39 is 0 Å². The maximum Gasteiger partial charge on any atom is 0.255 e. The van der Waals surface area contributed by atoms with Gasteiger partial charge in [-0.15, -0.1) is 0 Å². The lowest BCUT2D eigenvalue weighted by Gasteiger charge is -2.28. The Morgan fingerprint density at radius 2 is 1.89 bits per heavy atom. The summed E-state index contributed by atoms with van der Waals surface area (Å²) in [6.45, 7) is 12.7. The summed E-state index contributed by atoms with van der Waals surface area (Å²) in [4.78, 5) is 46.3. The van der Waals surface area contributed by atoms with Crippen molar-refractivity contribution in [2.75, 3.05) is 31.2 Å². The van der Waals surface area contributed by atoms with E-state index in [0.29, 0.717) is 30.3 Å². The van der Waals surface area contributed by atoms with Crippen LogP contribution in [0.1, 0.15) is 46.6 Å². The Morgan fingerprint density at radius 3 is 2.61 bits per heavy atom. The molecule has 0 saturated carbocycles. The summed E-state index contributed by atoms with van der Waals surface area (Å²) in [5.41, 5.74) is 6.12. The van der Waals surface area contributed by atoms with Gasteiger partial charge in [-0.2, -0.15) is 0 Å². The average Bonchev–Trinajstić information content (AvgIpc) is 3.28. The number of aryl methyl sites for hydroxylation is 3. The van der Waals surface area contributed by atoms with Crippen molar-refractivity contribution in [1.82, 2.24) is 24.8 Å². The first kappa shape index (κ1) is 25.7. The summed E-state index contributed by atoms with van der Waals surface area (Å²) in [6.07, 6.45) is 3.67. The molecule has 1 fully saturated rings. The quantitative estimate of drug-likeness (QED) is 0.401. The first-order valence-corrected chi connectivity index (χ1v) is 13.0. The molecule has 4 heterocycles. The van der Waals surface area contributed by atoms with Crippen molar-refractivity contribution < 1.29 is 9.53 Å². The lowest BCUT2D eigenvalue weighted by molar-refractivity contribution is 0.0691. The molecule has 4 aromatic rings. The van der Waals surface area contributed by atoms with E-state index in [1.54, 1.807) is 11.1 Å². The molecule has 9 nitrogen and oxygen atoms in total. The van der Waals surface area contributed by atoms with Gasteiger partial charge >= 0.3 is 0 Å². The summed E-state index contributed by atoms with van der Waals surface area (Å²) in [5, 5.41) is 0.876. The number of ether oxygens (including phenoxy) is 1. The lowest BCUT2D eigenvalue weighted by atomic mass is 9.99. The highest BCUT2D eigenvalue weighted by atomic mass is 16.5. The van der Waals surface area contributed by atoms with Crippen LogP contribution in [0.4, 0.5) is 5.95 Å². The largest absolute Gasteiger partial charge is 0.378 e. The van der Waals surface area contributed by atoms with Crippen molar-refractivity contribution in [2.24, 2.45) is 0 Å². The highest BCUT2D eigenvalue weighted by Gasteiger charge is 2.25. The Labute approximate surface area is 221 Å². The van der Waals surface area contributed by atoms with Gasteiger partial charge in [-0.05, 0) is 70.0 Å². The Morgan fingerprint density at radius 1 is 1.13 bits per heavy atom. The van der Waals surface area contributed by atoms with Crippen molar-refractivity contribution in [1.29, 1.82) is 0 Å². The van der Waals surface area contributed by atoms with Crippen molar-refractivity contribution in [3.8, 4) is 11.3 Å². The molecule has 0 spiro atoms. The van der Waals surface area contributed by atoms with E-state index >= 15 is 0 Å². The lowest BCUT2D eigenvalue weighted by Crippen LogP contribution is -2.38. The molecule has 0 atom stereocenters. The number of morpholine rings is 1. The number of pyridine rings is 1. The van der Waals surface area contributed by atoms with Gasteiger partial charge in [0.25, 0.3) is 11.5 Å². The summed E-state index contributed by atoms with van der Waals surface area (Å²) >= 11 is 0. The number of carbonyl (C=O) groups is 1. The number of benzene rings is 1. The van der Waals surface area contributed by atoms with Gasteiger partial charge in [0.1, 0.15) is 0 Å². The number of aromatic amines is 2. The smallest absolute Gasteiger partial charge is 0.255 e. The molecule has 0 aliphatic carbocycles. The summed E-state index contributed by atoms with van der Waals surface area (Å²) < 4.78 is 5.47. The Hall–Kier alpha value is -3.98. The highest BCUT2D eigenvalue weighted by Crippen LogP contribution is 2.31. The second kappa shape index (κ2) is 10.4. The van der Waals surface area contributed by atoms with Crippen LogP contribution in [0.3, 0.4) is 0 Å². The van der Waals surface area contributed by atoms with Crippen LogP contribution in [0.15, 0.2) is 41.5 Å². The first-order chi connectivity index (χ1) is 18.2. The topological polar surface area (TPSA) is 107 Å². The summed E-state index contributed by atoms with van der Waals surface area (Å²) in [7, 11) is 0. The minimum absolute atomic E-state index is 0.118. The van der Waals surface area contributed by atoms with E-state index in [0.717, 1.165) is 52.1 Å². The molecular formula is C29H34N6O3. The molecule has 0 unspecified atom stereocenters. The number of nitrogens with zero attached hydrogens (tertiary/aromatic N) is 4. The van der Waals surface area contributed by atoms with Crippen LogP contribution in [0.5, 0.6) is 0 Å². The number of anilines is 1. The van der Waals surface area contributed by atoms with Crippen LogP contribution in [0.2, 0.25) is 0 Å². The monoisotopic (exact) mass is 514 g/mol. The number of hydrogen-bond donors (Lipinski definition) is 2. The standard InChI is InChI=1S/C29H34N6O3/c1-17(2)35(16-23-18(3)12-20(5)32-27(23)36)28(37)22-13-21(14-25-26(22)19(4)15-31-25)24-6-7-30-29(33-24)34-8-10-38-11-9-34/h6-7,12-15,17,31H,8-11,16H2,1-5H3,(H,32,36). The zero-order chi connectivity index (χ0) is 27.0. The second-order valence-corrected chi connectivity index (χ2v) is 10.2. The van der Waals surface area contributed by atoms with Crippen molar-refractivity contribution in [2.45, 2.75) is 47.2 Å². The van der Waals surface area contributed by atoms with Gasteiger partial charge in [-0.3, -0.25) is 9.59 Å². The van der Waals surface area contributed by atoms with Crippen molar-refractivity contribution in [3.63, 3.8) is 0 Å². The van der Waals surface area contributed by atoms with Crippen LogP contribution in [-0.4, -0.2) is 63.1 Å². The molecule has 1 amide bonds. The normalized spacial score (nSPS) is 13.9. The molecule has 2 N–H and O–H groups in total. The minimum Gasteiger partial charge on any atom is -0.378 e. The van der Waals surface area contributed by atoms with E-state index in [1.165, 1.54) is 0 Å². The average molecular weight is 515 g/mol. The van der Waals surface area contributed by atoms with Crippen molar-refractivity contribution >= 4 is 22.8 Å². The third kappa shape index (κ3) is 4.93. The molecule has 1 aliphatic heterocycles. The van der Waals surface area contributed by atoms with Crippen LogP contribution in [-0.2, 0) is 11.3 Å². The van der Waals surface area contributed by atoms with E-state index in [-0.39, 0.29) is 24.1 Å². The SMILES string of the molecule is Cc1cc(C)c(CN(C(=O)c2cc(-c3ccnc(N4CCOCC4)n3)cc3[nH]cc(C)c23)C(C)C)c(=O)[nH]1. The van der Waals surface area contributed by atoms with E-state index in [2.05, 4.69) is 19.9 Å². The molecule has 1 aromatic carbocycles. The molecule has 38 heavy (non-hydrogen) atoms. The molecule has 0 bridgehead atoms. The number of rotatable bonds is 6. The molecule has 1 saturated heterocycles. The van der Waals surface area contributed by atoms with Gasteiger partial charge in [-0.25, -0.2) is 9.97 Å². The molecule has 9 heteroatoms. The number of carbonyl (C=O) groups excluding carboxylic acids is 1. The van der Waals surface area contributed by atoms with Crippen LogP contribution in [0.25, 0.3) is 22.2 Å². The van der Waals surface area contributed by atoms with Gasteiger partial charge in [0.15, 0.2) is 0 Å². The van der Waals surface area contributed by atoms with E-state index in [4.69, 9.17) is 9.72 Å². The molecule has 198 valence electrons. The van der Waals surface area contributed by atoms with Gasteiger partial charge in [0.2, 0.25) is 5.95 Å². The Kier molecular flexibility index (Phi) is 7.03. The number of nitrogens with one attached hydrogen (secondary N) is 2. The summed E-state index contributed by atoms with van der Waals surface area (Å²) in [5.74, 6) is 0.524. The summed E-state index contributed by atoms with van der Waals surface area (Å²) in [6, 6.07) is 7.63. The zero-order valence-electron chi connectivity index (χ0n) is 22.6. The number of aromatic nitrogens is 4. The number of fused-ring (bicyclic) bond motifs is 1. The zero-order valence-corrected chi connectivity index (χ0v) is 22.6. The maximum atomic E-state index is 14.2. The van der Waals surface area contributed by atoms with Gasteiger partial charge in [-0.1, -0.05) is 0 Å². The minimum atomic E-state index is -0.158. The van der Waals surface area contributed by atoms with Crippen LogP contribution >= 0.6 is 0 Å². The predicted octanol–water partition coefficient (Wildman–Crippen LogP) is 4.13. The number of H-pyrrole nitrogens is 2. The van der Waals surface area contributed by atoms with Crippen LogP contribution in [0, 0.1) is 20.8 Å². The van der Waals surface area contributed by atoms with Crippen LogP contribution < -0.4 is 10.5 Å². The van der Waals surface area contributed by atoms with Gasteiger partial charge in [0.05, 0.1) is 25.5 Å². The van der Waals surface area contributed by atoms with Gasteiger partial charge < -0.3 is 24.5 Å². The predicted molar refractivity (Wildman–Crippen MR) is 149 cm³/mol. The van der Waals surface area contributed by atoms with E-state index in [1.807, 2.05) is 65.1 Å². The molecular weight excluding hydrogens is 480 g/mol. The second-order valence-electron chi connectivity index (χ2n) is 10.2. The number of amides is 1. The fourth-order valence-electron chi connectivity index (χ4n) is 5.07. The van der Waals surface area contributed by atoms with Crippen molar-refractivity contribution in [3.05, 3.63) is 75.0 Å². The third-order valence-electron chi connectivity index (χ3n) is 7.15. The van der Waals surface area contributed by atoms with E-state index in [9.17, 15) is 9.59 Å². The Bertz CT molecular complexity index is 1550. The third-order valence-corrected chi connectivity index (χ3v) is 7.15. The highest BCUT2D eigenvalue weighted by molar-refractivity contribution is 6.09. The van der Waals surface area contributed by atoms with Gasteiger partial charge in [0, 0.05) is 64.8 Å². The molecule has 0 radical (unpaired) electrons. The number of hydrogen-bond acceptors (Lipinski definition) is 6.